The fraction of sp³-hybridized carbons (Fsp3) is 0.0217. The standard InChI is InChI=1S/C46H30N4OS/c1-4-13-29(14-5-1)30-23-25-33(26-24-30)44-48-43(32-17-8-3-9-18-32)49-45(50-44)37-20-12-19-35-36-28-27-34(31-15-6-2-7-16-31)40(42(36)52-41(35)37)46-47-38-21-10-11-22-39(38)51-46/h1-28,46-47H. The summed E-state index contributed by atoms with van der Waals surface area (Å²) in [6, 6.07) is 58.6. The number of anilines is 1. The maximum absolute atomic E-state index is 6.60. The molecule has 0 fully saturated rings. The average molecular weight is 687 g/mol. The van der Waals surface area contributed by atoms with Gasteiger partial charge in [0.25, 0.3) is 0 Å². The van der Waals surface area contributed by atoms with E-state index in [4.69, 9.17) is 19.7 Å². The third kappa shape index (κ3) is 5.29. The molecule has 3 heterocycles. The van der Waals surface area contributed by atoms with Crippen molar-refractivity contribution in [1.29, 1.82) is 0 Å². The molecule has 10 rings (SSSR count). The summed E-state index contributed by atoms with van der Waals surface area (Å²) in [7, 11) is 0. The molecule has 0 radical (unpaired) electrons. The van der Waals surface area contributed by atoms with E-state index in [1.807, 2.05) is 54.6 Å². The van der Waals surface area contributed by atoms with Gasteiger partial charge in [0.2, 0.25) is 0 Å². The summed E-state index contributed by atoms with van der Waals surface area (Å²) in [5.74, 6) is 2.77. The molecule has 0 saturated heterocycles. The van der Waals surface area contributed by atoms with Crippen LogP contribution < -0.4 is 10.1 Å². The number of aromatic nitrogens is 3. The van der Waals surface area contributed by atoms with Crippen molar-refractivity contribution in [2.24, 2.45) is 0 Å². The molecule has 9 aromatic rings. The van der Waals surface area contributed by atoms with Crippen LogP contribution in [0.3, 0.4) is 0 Å². The molecular formula is C46H30N4OS. The molecule has 1 N–H and O–H groups in total. The number of thiophene rings is 1. The highest BCUT2D eigenvalue weighted by Crippen LogP contribution is 2.48. The van der Waals surface area contributed by atoms with Crippen molar-refractivity contribution in [3.8, 4) is 62.2 Å². The maximum Gasteiger partial charge on any atom is 0.198 e. The second-order valence-corrected chi connectivity index (χ2v) is 13.8. The minimum atomic E-state index is -0.347. The van der Waals surface area contributed by atoms with E-state index in [2.05, 4.69) is 121 Å². The average Bonchev–Trinajstić information content (AvgIpc) is 3.83. The zero-order chi connectivity index (χ0) is 34.4. The number of nitrogens with zero attached hydrogens (tertiary/aromatic N) is 3. The molecule has 1 aliphatic rings. The molecule has 7 aromatic carbocycles. The molecule has 5 nitrogen and oxygen atoms in total. The highest BCUT2D eigenvalue weighted by molar-refractivity contribution is 7.26. The molecule has 246 valence electrons. The van der Waals surface area contributed by atoms with Crippen LogP contribution in [0.2, 0.25) is 0 Å². The van der Waals surface area contributed by atoms with Gasteiger partial charge in [-0.05, 0) is 40.5 Å². The lowest BCUT2D eigenvalue weighted by Gasteiger charge is -2.18. The SMILES string of the molecule is c1ccc(-c2ccc(-c3nc(-c4ccccc4)nc(-c4cccc5c4sc4c(C6Nc7ccccc7O6)c(-c6ccccc6)ccc45)n3)cc2)cc1. The van der Waals surface area contributed by atoms with E-state index in [9.17, 15) is 0 Å². The normalized spacial score (nSPS) is 13.5. The first kappa shape index (κ1) is 30.2. The Morgan fingerprint density at radius 2 is 0.981 bits per heavy atom. The van der Waals surface area contributed by atoms with Gasteiger partial charge in [-0.3, -0.25) is 0 Å². The van der Waals surface area contributed by atoms with E-state index in [1.54, 1.807) is 11.3 Å². The molecule has 2 aromatic heterocycles. The number of hydrogen-bond donors (Lipinski definition) is 1. The van der Waals surface area contributed by atoms with Gasteiger partial charge in [0.1, 0.15) is 5.75 Å². The minimum Gasteiger partial charge on any atom is -0.464 e. The van der Waals surface area contributed by atoms with Crippen molar-refractivity contribution in [1.82, 2.24) is 15.0 Å². The Labute approximate surface area is 304 Å². The fourth-order valence-corrected chi connectivity index (χ4v) is 8.47. The molecule has 0 saturated carbocycles. The minimum absolute atomic E-state index is 0.347. The lowest BCUT2D eigenvalue weighted by Crippen LogP contribution is -2.11. The second-order valence-electron chi connectivity index (χ2n) is 12.8. The van der Waals surface area contributed by atoms with Gasteiger partial charge in [-0.1, -0.05) is 152 Å². The van der Waals surface area contributed by atoms with E-state index >= 15 is 0 Å². The van der Waals surface area contributed by atoms with Crippen molar-refractivity contribution in [2.45, 2.75) is 6.23 Å². The molecule has 0 amide bonds. The van der Waals surface area contributed by atoms with E-state index < -0.39 is 0 Å². The molecule has 1 aliphatic heterocycles. The van der Waals surface area contributed by atoms with Crippen LogP contribution in [0.5, 0.6) is 5.75 Å². The summed E-state index contributed by atoms with van der Waals surface area (Å²) in [4.78, 5) is 15.3. The number of ether oxygens (including phenoxy) is 1. The number of fused-ring (bicyclic) bond motifs is 4. The second kappa shape index (κ2) is 12.6. The predicted molar refractivity (Wildman–Crippen MR) is 213 cm³/mol. The molecule has 0 bridgehead atoms. The van der Waals surface area contributed by atoms with Crippen LogP contribution >= 0.6 is 11.3 Å². The van der Waals surface area contributed by atoms with Crippen LogP contribution in [-0.4, -0.2) is 15.0 Å². The van der Waals surface area contributed by atoms with Gasteiger partial charge in [-0.25, -0.2) is 15.0 Å². The number of benzene rings is 7. The number of rotatable bonds is 6. The Balaban J connectivity index is 1.16. The van der Waals surface area contributed by atoms with Crippen LogP contribution in [0.25, 0.3) is 76.6 Å². The topological polar surface area (TPSA) is 59.9 Å². The zero-order valence-corrected chi connectivity index (χ0v) is 28.7. The van der Waals surface area contributed by atoms with Crippen LogP contribution in [0.4, 0.5) is 5.69 Å². The third-order valence-corrected chi connectivity index (χ3v) is 10.9. The van der Waals surface area contributed by atoms with Crippen LogP contribution in [0.1, 0.15) is 11.8 Å². The van der Waals surface area contributed by atoms with Gasteiger partial charge >= 0.3 is 0 Å². The molecule has 1 atom stereocenters. The van der Waals surface area contributed by atoms with Gasteiger partial charge < -0.3 is 10.1 Å². The quantitative estimate of drug-likeness (QED) is 0.189. The molecule has 0 aliphatic carbocycles. The first-order valence-corrected chi connectivity index (χ1v) is 18.1. The van der Waals surface area contributed by atoms with Gasteiger partial charge in [0, 0.05) is 42.4 Å². The van der Waals surface area contributed by atoms with Crippen molar-refractivity contribution in [2.75, 3.05) is 5.32 Å². The Kier molecular flexibility index (Phi) is 7.32. The zero-order valence-electron chi connectivity index (χ0n) is 27.9. The highest BCUT2D eigenvalue weighted by atomic mass is 32.1. The monoisotopic (exact) mass is 686 g/mol. The van der Waals surface area contributed by atoms with Gasteiger partial charge in [0.15, 0.2) is 23.7 Å². The highest BCUT2D eigenvalue weighted by Gasteiger charge is 2.29. The Morgan fingerprint density at radius 1 is 0.423 bits per heavy atom. The predicted octanol–water partition coefficient (Wildman–Crippen LogP) is 12.1. The first-order valence-electron chi connectivity index (χ1n) is 17.3. The molecular weight excluding hydrogens is 657 g/mol. The van der Waals surface area contributed by atoms with Crippen molar-refractivity contribution in [3.05, 3.63) is 175 Å². The van der Waals surface area contributed by atoms with E-state index in [-0.39, 0.29) is 6.23 Å². The Bertz CT molecular complexity index is 2700. The number of para-hydroxylation sites is 2. The summed E-state index contributed by atoms with van der Waals surface area (Å²) in [5.41, 5.74) is 9.55. The van der Waals surface area contributed by atoms with Crippen LogP contribution in [0, 0.1) is 0 Å². The third-order valence-electron chi connectivity index (χ3n) is 9.63. The molecule has 52 heavy (non-hydrogen) atoms. The van der Waals surface area contributed by atoms with Crippen LogP contribution in [-0.2, 0) is 0 Å². The fourth-order valence-electron chi connectivity index (χ4n) is 7.09. The van der Waals surface area contributed by atoms with E-state index in [1.165, 1.54) is 15.6 Å². The summed E-state index contributed by atoms with van der Waals surface area (Å²) in [6.07, 6.45) is -0.347. The summed E-state index contributed by atoms with van der Waals surface area (Å²) in [5, 5.41) is 5.99. The van der Waals surface area contributed by atoms with E-state index in [0.29, 0.717) is 17.5 Å². The Hall–Kier alpha value is -6.63. The van der Waals surface area contributed by atoms with Gasteiger partial charge in [-0.15, -0.1) is 11.3 Å². The molecule has 1 unspecified atom stereocenters. The van der Waals surface area contributed by atoms with Gasteiger partial charge in [0.05, 0.1) is 5.69 Å². The lowest BCUT2D eigenvalue weighted by atomic mass is 9.96. The van der Waals surface area contributed by atoms with E-state index in [0.717, 1.165) is 60.5 Å². The Morgan fingerprint density at radius 3 is 1.69 bits per heavy atom. The number of hydrogen-bond acceptors (Lipinski definition) is 6. The summed E-state index contributed by atoms with van der Waals surface area (Å²) < 4.78 is 8.89. The summed E-state index contributed by atoms with van der Waals surface area (Å²) in [6.45, 7) is 0. The van der Waals surface area contributed by atoms with Crippen molar-refractivity contribution in [3.63, 3.8) is 0 Å². The van der Waals surface area contributed by atoms with Crippen molar-refractivity contribution < 1.29 is 4.74 Å². The van der Waals surface area contributed by atoms with Crippen LogP contribution in [0.15, 0.2) is 170 Å². The summed E-state index contributed by atoms with van der Waals surface area (Å²) >= 11 is 1.77. The maximum atomic E-state index is 6.60. The lowest BCUT2D eigenvalue weighted by molar-refractivity contribution is 0.262. The van der Waals surface area contributed by atoms with Crippen molar-refractivity contribution >= 4 is 37.2 Å². The number of nitrogens with one attached hydrogen (secondary N) is 1. The first-order chi connectivity index (χ1) is 25.8. The molecule has 0 spiro atoms. The smallest absolute Gasteiger partial charge is 0.198 e. The molecule has 6 heteroatoms. The largest absolute Gasteiger partial charge is 0.464 e. The van der Waals surface area contributed by atoms with Gasteiger partial charge in [-0.2, -0.15) is 0 Å².